The fraction of sp³-hybridized carbons (Fsp3) is 0. The van der Waals surface area contributed by atoms with Crippen molar-refractivity contribution >= 4 is 54.9 Å². The minimum absolute atomic E-state index is 0. The third-order valence-corrected chi connectivity index (χ3v) is 0. The van der Waals surface area contributed by atoms with Gasteiger partial charge in [0.25, 0.3) is 0 Å². The predicted octanol–water partition coefficient (Wildman–Crippen LogP) is -2.69. The Morgan fingerprint density at radius 1 is 1.25 bits per heavy atom. The van der Waals surface area contributed by atoms with E-state index in [4.69, 9.17) is 0 Å². The summed E-state index contributed by atoms with van der Waals surface area (Å²) in [4.78, 5) is 0. The molecule has 0 aromatic heterocycles. The van der Waals surface area contributed by atoms with Crippen LogP contribution < -0.4 is 0 Å². The van der Waals surface area contributed by atoms with E-state index in [1.165, 1.54) is 9.91 Å². The van der Waals surface area contributed by atoms with Gasteiger partial charge in [-0.05, 0) is 0 Å². The minimum atomic E-state index is 0. The second kappa shape index (κ2) is 21.6. The van der Waals surface area contributed by atoms with Crippen LogP contribution in [0.4, 0.5) is 0 Å². The van der Waals surface area contributed by atoms with Crippen LogP contribution in [-0.2, 0) is 0 Å². The summed E-state index contributed by atoms with van der Waals surface area (Å²) in [5.41, 5.74) is 0. The standard InChI is InChI=1S/Al.Li.H5PSi.4H/c;;1-2;;;;/h;;1H2,2H3;;;;. The quantitative estimate of drug-likeness (QED) is 0.231. The van der Waals surface area contributed by atoms with Gasteiger partial charge in [-0.15, -0.1) is 0 Å². The Hall–Kier alpha value is 1.78. The molecule has 1 unspecified atom stereocenters. The van der Waals surface area contributed by atoms with Gasteiger partial charge in [-0.2, -0.15) is 8.79 Å². The van der Waals surface area contributed by atoms with E-state index in [0.717, 1.165) is 0 Å². The topological polar surface area (TPSA) is 0 Å². The molecule has 0 aliphatic rings. The molecule has 0 aromatic carbocycles. The van der Waals surface area contributed by atoms with Gasteiger partial charge in [-0.25, -0.2) is 0 Å². The zero-order valence-electron chi connectivity index (χ0n) is 1.58. The molecule has 0 saturated carbocycles. The van der Waals surface area contributed by atoms with E-state index in [1.54, 1.807) is 0 Å². The Labute approximate surface area is 54.9 Å². The minimum Gasteiger partial charge on any atom is -0.159 e. The molecule has 0 N–H and O–H groups in total. The summed E-state index contributed by atoms with van der Waals surface area (Å²) < 4.78 is 0. The van der Waals surface area contributed by atoms with Crippen LogP contribution >= 0.6 is 8.79 Å². The first kappa shape index (κ1) is 17.1. The van der Waals surface area contributed by atoms with Gasteiger partial charge in [0.1, 0.15) is 0 Å². The van der Waals surface area contributed by atoms with Crippen molar-refractivity contribution in [1.29, 1.82) is 0 Å². The molecule has 0 amide bonds. The molecular weight excluding hydrogens is 93.0 g/mol. The monoisotopic (exact) mass is 102 g/mol. The maximum atomic E-state index is 2.56. The fourth-order valence-electron chi connectivity index (χ4n) is 0. The van der Waals surface area contributed by atoms with Crippen LogP contribution in [0, 0.1) is 0 Å². The molecule has 0 aliphatic carbocycles. The first-order chi connectivity index (χ1) is 1.00. The van der Waals surface area contributed by atoms with E-state index in [1.807, 2.05) is 0 Å². The molecule has 0 saturated heterocycles. The fourth-order valence-corrected chi connectivity index (χ4v) is 0. The zero-order chi connectivity index (χ0) is 2.00. The van der Waals surface area contributed by atoms with Crippen molar-refractivity contribution in [3.05, 3.63) is 0 Å². The van der Waals surface area contributed by atoms with Gasteiger partial charge < -0.3 is 0 Å². The van der Waals surface area contributed by atoms with Gasteiger partial charge in [0.15, 0.2) is 17.4 Å². The van der Waals surface area contributed by atoms with Gasteiger partial charge in [0, 0.05) is 9.91 Å². The Balaban J connectivity index is -0.00000000500. The first-order valence-corrected chi connectivity index (χ1v) is 5.20. The van der Waals surface area contributed by atoms with E-state index >= 15 is 0 Å². The van der Waals surface area contributed by atoms with Gasteiger partial charge in [0.05, 0.1) is 0 Å². The van der Waals surface area contributed by atoms with Crippen LogP contribution in [0.15, 0.2) is 0 Å². The normalized spacial score (nSPS) is 2.25. The molecule has 0 radical (unpaired) electrons. The summed E-state index contributed by atoms with van der Waals surface area (Å²) in [6, 6.07) is 0. The summed E-state index contributed by atoms with van der Waals surface area (Å²) in [5.74, 6) is 0. The Morgan fingerprint density at radius 3 is 1.25 bits per heavy atom. The summed E-state index contributed by atoms with van der Waals surface area (Å²) in [6.07, 6.45) is 0. The average Bonchev–Trinajstić information content (AvgIpc) is 1.00. The van der Waals surface area contributed by atoms with E-state index in [0.29, 0.717) is 0 Å². The summed E-state index contributed by atoms with van der Waals surface area (Å²) in [5, 5.41) is 0. The van der Waals surface area contributed by atoms with Crippen LogP contribution in [0.2, 0.25) is 0 Å². The van der Waals surface area contributed by atoms with Crippen LogP contribution in [0.25, 0.3) is 0 Å². The second-order valence-corrected chi connectivity index (χ2v) is 0. The van der Waals surface area contributed by atoms with Crippen molar-refractivity contribution in [1.82, 2.24) is 0 Å². The molecule has 0 rings (SSSR count). The van der Waals surface area contributed by atoms with Crippen LogP contribution in [-0.4, -0.2) is 46.1 Å². The Bertz CT molecular complexity index is 8.00. The van der Waals surface area contributed by atoms with Crippen LogP contribution in [0.3, 0.4) is 0 Å². The van der Waals surface area contributed by atoms with Crippen molar-refractivity contribution in [3.63, 3.8) is 0 Å². The van der Waals surface area contributed by atoms with Crippen molar-refractivity contribution in [2.45, 2.75) is 0 Å². The molecule has 0 spiro atoms. The van der Waals surface area contributed by atoms with Crippen molar-refractivity contribution < 1.29 is 0 Å². The van der Waals surface area contributed by atoms with Crippen LogP contribution in [0.1, 0.15) is 0 Å². The average molecular weight is 102 g/mol. The Kier molecular flexibility index (Phi) is 92.2. The molecule has 0 aromatic rings. The van der Waals surface area contributed by atoms with E-state index < -0.39 is 0 Å². The molecule has 22 valence electrons. The number of rotatable bonds is 0. The summed E-state index contributed by atoms with van der Waals surface area (Å²) in [6.45, 7) is 0. The third-order valence-electron chi connectivity index (χ3n) is 0. The molecule has 4 heavy (non-hydrogen) atoms. The summed E-state index contributed by atoms with van der Waals surface area (Å²) in [7, 11) is 3.78. The maximum Gasteiger partial charge on any atom is 0.0252 e. The molecule has 0 aliphatic heterocycles. The van der Waals surface area contributed by atoms with Crippen molar-refractivity contribution in [3.8, 4) is 0 Å². The SMILES string of the molecule is [AlH3].[LiH].[SiH3]P. The number of hydrogen-bond donors (Lipinski definition) is 0. The first-order valence-electron chi connectivity index (χ1n) is 0.577. The van der Waals surface area contributed by atoms with E-state index in [2.05, 4.69) is 8.79 Å². The van der Waals surface area contributed by atoms with E-state index in [-0.39, 0.29) is 36.2 Å². The molecule has 0 heterocycles. The summed E-state index contributed by atoms with van der Waals surface area (Å²) >= 11 is 0. The Morgan fingerprint density at radius 2 is 1.25 bits per heavy atom. The van der Waals surface area contributed by atoms with Gasteiger partial charge >= 0.3 is 18.9 Å². The molecule has 0 nitrogen and oxygen atoms in total. The van der Waals surface area contributed by atoms with Gasteiger partial charge in [0.2, 0.25) is 0 Å². The largest absolute Gasteiger partial charge is 0.159 e. The molecule has 4 heteroatoms. The van der Waals surface area contributed by atoms with Crippen molar-refractivity contribution in [2.24, 2.45) is 0 Å². The third kappa shape index (κ3) is 9.22. The predicted molar refractivity (Wildman–Crippen MR) is 36.7 cm³/mol. The molecule has 0 bridgehead atoms. The second-order valence-electron chi connectivity index (χ2n) is 0. The van der Waals surface area contributed by atoms with E-state index in [9.17, 15) is 0 Å². The molecular formula is H9AlLiPSi. The van der Waals surface area contributed by atoms with Gasteiger partial charge in [-0.3, -0.25) is 0 Å². The molecule has 0 fully saturated rings. The number of hydrogen-bond acceptors (Lipinski definition) is 0. The van der Waals surface area contributed by atoms with Crippen LogP contribution in [0.5, 0.6) is 0 Å². The zero-order valence-corrected chi connectivity index (χ0v) is 4.73. The van der Waals surface area contributed by atoms with Crippen molar-refractivity contribution in [2.75, 3.05) is 0 Å². The smallest absolute Gasteiger partial charge is 0.0252 e. The van der Waals surface area contributed by atoms with Gasteiger partial charge in [-0.1, -0.05) is 0 Å². The molecule has 1 atom stereocenters. The maximum absolute atomic E-state index is 2.56.